The van der Waals surface area contributed by atoms with Gasteiger partial charge in [-0.25, -0.2) is 0 Å². The van der Waals surface area contributed by atoms with Crippen LogP contribution in [0.3, 0.4) is 0 Å². The summed E-state index contributed by atoms with van der Waals surface area (Å²) >= 11 is 0. The van der Waals surface area contributed by atoms with Crippen molar-refractivity contribution < 1.29 is 9.36 Å². The van der Waals surface area contributed by atoms with Crippen molar-refractivity contribution >= 4 is 29.0 Å². The van der Waals surface area contributed by atoms with Crippen molar-refractivity contribution in [1.82, 2.24) is 5.32 Å². The Labute approximate surface area is 173 Å². The van der Waals surface area contributed by atoms with Gasteiger partial charge in [0.25, 0.3) is 5.91 Å². The zero-order chi connectivity index (χ0) is 21.0. The van der Waals surface area contributed by atoms with Crippen LogP contribution in [0, 0.1) is 0 Å². The van der Waals surface area contributed by atoms with Crippen molar-refractivity contribution in [3.63, 3.8) is 0 Å². The summed E-state index contributed by atoms with van der Waals surface area (Å²) in [5, 5.41) is 5.01. The normalized spacial score (nSPS) is 11.7. The maximum Gasteiger partial charge on any atom is 0.252 e. The highest BCUT2D eigenvalue weighted by atomic mass is 31.2. The Morgan fingerprint density at radius 1 is 0.793 bits per heavy atom. The smallest absolute Gasteiger partial charge is 0.252 e. The molecule has 0 fully saturated rings. The highest BCUT2D eigenvalue weighted by Gasteiger charge is 2.34. The summed E-state index contributed by atoms with van der Waals surface area (Å²) in [6, 6.07) is 24.7. The molecule has 0 aliphatic carbocycles. The van der Waals surface area contributed by atoms with Gasteiger partial charge in [0.2, 0.25) is 0 Å². The van der Waals surface area contributed by atoms with Crippen LogP contribution in [-0.2, 0) is 4.57 Å². The molecule has 1 N–H and O–H groups in total. The molecule has 0 unspecified atom stereocenters. The lowest BCUT2D eigenvalue weighted by molar-refractivity contribution is 0.0944. The number of nitrogens with one attached hydrogen (secondary N) is 1. The first-order valence-corrected chi connectivity index (χ1v) is 11.7. The second kappa shape index (κ2) is 8.80. The Morgan fingerprint density at radius 3 is 1.76 bits per heavy atom. The first kappa shape index (κ1) is 21.1. The van der Waals surface area contributed by atoms with E-state index in [0.717, 1.165) is 16.2 Å². The number of amides is 1. The van der Waals surface area contributed by atoms with Crippen LogP contribution < -0.4 is 21.2 Å². The van der Waals surface area contributed by atoms with Crippen LogP contribution >= 0.6 is 7.14 Å². The average Bonchev–Trinajstić information content (AvgIpc) is 2.73. The Hall–Kier alpha value is -2.64. The molecule has 0 radical (unpaired) electrons. The first-order chi connectivity index (χ1) is 13.8. The Balaban J connectivity index is 2.34. The molecule has 3 rings (SSSR count). The summed E-state index contributed by atoms with van der Waals surface area (Å²) in [6.07, 6.45) is 0. The van der Waals surface area contributed by atoms with Crippen molar-refractivity contribution in [2.24, 2.45) is 0 Å². The van der Waals surface area contributed by atoms with Crippen LogP contribution in [-0.4, -0.2) is 11.9 Å². The molecule has 29 heavy (non-hydrogen) atoms. The van der Waals surface area contributed by atoms with Gasteiger partial charge in [0.15, 0.2) is 7.14 Å². The number of carbonyl (C=O) groups is 1. The molecule has 1 amide bonds. The van der Waals surface area contributed by atoms with Gasteiger partial charge in [-0.1, -0.05) is 80.6 Å². The topological polar surface area (TPSA) is 46.2 Å². The molecule has 150 valence electrons. The maximum atomic E-state index is 14.8. The van der Waals surface area contributed by atoms with Gasteiger partial charge < -0.3 is 9.88 Å². The predicted octanol–water partition coefficient (Wildman–Crippen LogP) is 4.59. The largest absolute Gasteiger partial charge is 0.350 e. The van der Waals surface area contributed by atoms with Gasteiger partial charge in [-0.15, -0.1) is 0 Å². The molecule has 0 saturated carbocycles. The summed E-state index contributed by atoms with van der Waals surface area (Å²) in [6.45, 7) is 8.05. The number of carbonyl (C=O) groups excluding carboxylic acids is 1. The lowest BCUT2D eigenvalue weighted by atomic mass is 10.0. The van der Waals surface area contributed by atoms with E-state index < -0.39 is 7.14 Å². The van der Waals surface area contributed by atoms with Crippen molar-refractivity contribution in [3.8, 4) is 0 Å². The zero-order valence-electron chi connectivity index (χ0n) is 17.4. The summed E-state index contributed by atoms with van der Waals surface area (Å²) in [7, 11) is -3.24. The average molecular weight is 405 g/mol. The minimum absolute atomic E-state index is 0.00652. The fourth-order valence-electron chi connectivity index (χ4n) is 3.40. The molecule has 0 aliphatic heterocycles. The van der Waals surface area contributed by atoms with Crippen molar-refractivity contribution in [3.05, 3.63) is 90.0 Å². The van der Waals surface area contributed by atoms with Crippen LogP contribution in [0.2, 0.25) is 0 Å². The lowest BCUT2D eigenvalue weighted by Gasteiger charge is -2.24. The molecule has 0 bridgehead atoms. The lowest BCUT2D eigenvalue weighted by Crippen LogP contribution is -2.36. The molecular formula is C25H28NO2P. The van der Waals surface area contributed by atoms with Crippen LogP contribution in [0.1, 0.15) is 49.5 Å². The van der Waals surface area contributed by atoms with Gasteiger partial charge in [-0.3, -0.25) is 4.79 Å². The van der Waals surface area contributed by atoms with E-state index in [1.807, 2.05) is 92.7 Å². The fourth-order valence-corrected chi connectivity index (χ4v) is 6.29. The number of rotatable bonds is 6. The first-order valence-electron chi connectivity index (χ1n) is 10.0. The van der Waals surface area contributed by atoms with E-state index >= 15 is 0 Å². The molecular weight excluding hydrogens is 377 g/mol. The number of hydrogen-bond donors (Lipinski definition) is 1. The van der Waals surface area contributed by atoms with E-state index in [1.54, 1.807) is 0 Å². The van der Waals surface area contributed by atoms with E-state index in [9.17, 15) is 9.36 Å². The minimum atomic E-state index is -3.24. The third-order valence-electron chi connectivity index (χ3n) is 4.93. The Morgan fingerprint density at radius 2 is 1.31 bits per heavy atom. The SMILES string of the molecule is CC(C)NC(=O)c1ccc(C(C)C)cc1P(=O)(c1ccccc1)c1ccccc1. The quantitative estimate of drug-likeness (QED) is 0.610. The third kappa shape index (κ3) is 4.36. The standard InChI is InChI=1S/C25H28NO2P/c1-18(2)20-15-16-23(25(27)26-19(3)4)24(17-20)29(28,21-11-7-5-8-12-21)22-13-9-6-10-14-22/h5-19H,1-4H3,(H,26,27). The van der Waals surface area contributed by atoms with Crippen LogP contribution in [0.4, 0.5) is 0 Å². The van der Waals surface area contributed by atoms with Crippen LogP contribution in [0.15, 0.2) is 78.9 Å². The van der Waals surface area contributed by atoms with E-state index in [2.05, 4.69) is 19.2 Å². The molecule has 0 spiro atoms. The van der Waals surface area contributed by atoms with E-state index in [1.165, 1.54) is 0 Å². The Kier molecular flexibility index (Phi) is 6.39. The minimum Gasteiger partial charge on any atom is -0.350 e. The number of hydrogen-bond acceptors (Lipinski definition) is 2. The second-order valence-electron chi connectivity index (χ2n) is 7.84. The highest BCUT2D eigenvalue weighted by Crippen LogP contribution is 2.44. The van der Waals surface area contributed by atoms with Gasteiger partial charge in [-0.05, 0) is 37.5 Å². The van der Waals surface area contributed by atoms with Crippen molar-refractivity contribution in [1.29, 1.82) is 0 Å². The zero-order valence-corrected chi connectivity index (χ0v) is 18.3. The van der Waals surface area contributed by atoms with E-state index in [4.69, 9.17) is 0 Å². The molecule has 0 atom stereocenters. The molecule has 0 heterocycles. The molecule has 0 aromatic heterocycles. The van der Waals surface area contributed by atoms with E-state index in [0.29, 0.717) is 10.9 Å². The summed E-state index contributed by atoms with van der Waals surface area (Å²) in [4.78, 5) is 13.0. The fraction of sp³-hybridized carbons (Fsp3) is 0.240. The molecule has 0 saturated heterocycles. The monoisotopic (exact) mass is 405 g/mol. The third-order valence-corrected chi connectivity index (χ3v) is 8.03. The highest BCUT2D eigenvalue weighted by molar-refractivity contribution is 7.85. The molecule has 0 aliphatic rings. The number of benzene rings is 3. The second-order valence-corrected chi connectivity index (χ2v) is 10.6. The van der Waals surface area contributed by atoms with Gasteiger partial charge >= 0.3 is 0 Å². The summed E-state index contributed by atoms with van der Waals surface area (Å²) in [5.41, 5.74) is 1.53. The molecule has 3 aromatic carbocycles. The van der Waals surface area contributed by atoms with Crippen molar-refractivity contribution in [2.75, 3.05) is 0 Å². The van der Waals surface area contributed by atoms with Gasteiger partial charge in [0, 0.05) is 22.0 Å². The van der Waals surface area contributed by atoms with Gasteiger partial charge in [-0.2, -0.15) is 0 Å². The van der Waals surface area contributed by atoms with Crippen molar-refractivity contribution in [2.45, 2.75) is 39.7 Å². The van der Waals surface area contributed by atoms with Crippen LogP contribution in [0.25, 0.3) is 0 Å². The molecule has 3 aromatic rings. The maximum absolute atomic E-state index is 14.8. The Bertz CT molecular complexity index is 984. The van der Waals surface area contributed by atoms with Gasteiger partial charge in [0.05, 0.1) is 5.56 Å². The summed E-state index contributed by atoms with van der Waals surface area (Å²) in [5.74, 6) is 0.0633. The molecule has 3 nitrogen and oxygen atoms in total. The van der Waals surface area contributed by atoms with Crippen LogP contribution in [0.5, 0.6) is 0 Å². The summed E-state index contributed by atoms with van der Waals surface area (Å²) < 4.78 is 14.8. The molecule has 4 heteroatoms. The van der Waals surface area contributed by atoms with E-state index in [-0.39, 0.29) is 17.9 Å². The predicted molar refractivity (Wildman–Crippen MR) is 123 cm³/mol. The van der Waals surface area contributed by atoms with Gasteiger partial charge in [0.1, 0.15) is 0 Å².